The summed E-state index contributed by atoms with van der Waals surface area (Å²) < 4.78 is 0. The van der Waals surface area contributed by atoms with Crippen LogP contribution in [0.1, 0.15) is 26.3 Å². The van der Waals surface area contributed by atoms with Crippen molar-refractivity contribution in [1.29, 1.82) is 0 Å². The van der Waals surface area contributed by atoms with Crippen molar-refractivity contribution in [2.24, 2.45) is 0 Å². The van der Waals surface area contributed by atoms with Crippen molar-refractivity contribution in [1.82, 2.24) is 9.80 Å². The van der Waals surface area contributed by atoms with Gasteiger partial charge in [-0.05, 0) is 38.5 Å². The van der Waals surface area contributed by atoms with Gasteiger partial charge in [0.05, 0.1) is 10.7 Å². The molecule has 1 aliphatic rings. The van der Waals surface area contributed by atoms with Crippen molar-refractivity contribution < 1.29 is 9.59 Å². The molecule has 0 spiro atoms. The van der Waals surface area contributed by atoms with E-state index < -0.39 is 5.41 Å². The van der Waals surface area contributed by atoms with E-state index in [9.17, 15) is 9.59 Å². The van der Waals surface area contributed by atoms with E-state index in [0.717, 1.165) is 10.5 Å². The number of carbonyl (C=O) groups is 2. The highest BCUT2D eigenvalue weighted by atomic mass is 32.2. The van der Waals surface area contributed by atoms with Crippen LogP contribution in [0.4, 0.5) is 0 Å². The van der Waals surface area contributed by atoms with Gasteiger partial charge in [0.2, 0.25) is 11.8 Å². The summed E-state index contributed by atoms with van der Waals surface area (Å²) in [5.74, 6) is 0.265. The van der Waals surface area contributed by atoms with Gasteiger partial charge in [0.15, 0.2) is 0 Å². The number of piperazine rings is 1. The molecule has 0 radical (unpaired) electrons. The van der Waals surface area contributed by atoms with Crippen LogP contribution in [0.25, 0.3) is 0 Å². The summed E-state index contributed by atoms with van der Waals surface area (Å²) in [5, 5.41) is -0.134. The molecule has 0 bridgehead atoms. The van der Waals surface area contributed by atoms with Crippen molar-refractivity contribution >= 4 is 23.6 Å². The fourth-order valence-electron chi connectivity index (χ4n) is 3.51. The van der Waals surface area contributed by atoms with E-state index in [-0.39, 0.29) is 17.1 Å². The normalized spacial score (nSPS) is 16.0. The Morgan fingerprint density at radius 1 is 0.857 bits per heavy atom. The van der Waals surface area contributed by atoms with Gasteiger partial charge >= 0.3 is 0 Å². The number of benzene rings is 2. The molecule has 2 amide bonds. The molecule has 28 heavy (non-hydrogen) atoms. The number of hydrogen-bond acceptors (Lipinski definition) is 3. The van der Waals surface area contributed by atoms with E-state index in [1.165, 1.54) is 0 Å². The molecule has 2 aromatic carbocycles. The Labute approximate surface area is 171 Å². The molecule has 1 fully saturated rings. The van der Waals surface area contributed by atoms with E-state index in [1.54, 1.807) is 11.8 Å². The van der Waals surface area contributed by atoms with Gasteiger partial charge in [-0.3, -0.25) is 9.59 Å². The number of thioether (sulfide) groups is 1. The SMILES string of the molecule is CC(Sc1ccccc1)C(=O)N1CCN(C(=O)C(C)(C)c2ccccc2)CC1. The van der Waals surface area contributed by atoms with Gasteiger partial charge in [0.1, 0.15) is 0 Å². The van der Waals surface area contributed by atoms with E-state index >= 15 is 0 Å². The van der Waals surface area contributed by atoms with E-state index in [2.05, 4.69) is 0 Å². The average molecular weight is 397 g/mol. The summed E-state index contributed by atoms with van der Waals surface area (Å²) in [6, 6.07) is 19.9. The van der Waals surface area contributed by atoms with Gasteiger partial charge < -0.3 is 9.80 Å². The minimum atomic E-state index is -0.566. The smallest absolute Gasteiger partial charge is 0.235 e. The van der Waals surface area contributed by atoms with Crippen molar-refractivity contribution in [3.8, 4) is 0 Å². The van der Waals surface area contributed by atoms with Crippen LogP contribution in [0.15, 0.2) is 65.6 Å². The van der Waals surface area contributed by atoms with E-state index in [0.29, 0.717) is 26.2 Å². The molecule has 0 aromatic heterocycles. The predicted octanol–water partition coefficient (Wildman–Crippen LogP) is 3.82. The first kappa shape index (κ1) is 20.5. The zero-order valence-electron chi connectivity index (χ0n) is 16.8. The minimum absolute atomic E-state index is 0.123. The lowest BCUT2D eigenvalue weighted by atomic mass is 9.83. The Bertz CT molecular complexity index is 800. The molecule has 0 saturated carbocycles. The second kappa shape index (κ2) is 8.82. The van der Waals surface area contributed by atoms with E-state index in [1.807, 2.05) is 91.2 Å². The Morgan fingerprint density at radius 2 is 1.36 bits per heavy atom. The van der Waals surface area contributed by atoms with Crippen molar-refractivity contribution in [3.05, 3.63) is 66.2 Å². The monoisotopic (exact) mass is 396 g/mol. The lowest BCUT2D eigenvalue weighted by molar-refractivity contribution is -0.142. The van der Waals surface area contributed by atoms with Gasteiger partial charge in [-0.25, -0.2) is 0 Å². The molecule has 1 saturated heterocycles. The molecule has 3 rings (SSSR count). The Morgan fingerprint density at radius 3 is 1.93 bits per heavy atom. The van der Waals surface area contributed by atoms with Crippen molar-refractivity contribution in [2.45, 2.75) is 36.3 Å². The quantitative estimate of drug-likeness (QED) is 0.722. The predicted molar refractivity (Wildman–Crippen MR) is 114 cm³/mol. The number of rotatable bonds is 5. The van der Waals surface area contributed by atoms with Crippen molar-refractivity contribution in [2.75, 3.05) is 26.2 Å². The molecule has 1 heterocycles. The molecule has 2 aromatic rings. The van der Waals surface area contributed by atoms with Gasteiger partial charge in [0, 0.05) is 31.1 Å². The zero-order chi connectivity index (χ0) is 20.1. The molecule has 0 aliphatic carbocycles. The number of nitrogens with zero attached hydrogens (tertiary/aromatic N) is 2. The van der Waals surface area contributed by atoms with Crippen LogP contribution < -0.4 is 0 Å². The second-order valence-corrected chi connectivity index (χ2v) is 9.10. The number of hydrogen-bond donors (Lipinski definition) is 0. The van der Waals surface area contributed by atoms with Gasteiger partial charge in [-0.1, -0.05) is 48.5 Å². The topological polar surface area (TPSA) is 40.6 Å². The maximum absolute atomic E-state index is 13.1. The Kier molecular flexibility index (Phi) is 6.45. The first-order valence-electron chi connectivity index (χ1n) is 9.75. The Hall–Kier alpha value is -2.27. The largest absolute Gasteiger partial charge is 0.338 e. The summed E-state index contributed by atoms with van der Waals surface area (Å²) in [7, 11) is 0. The molecule has 1 unspecified atom stereocenters. The third-order valence-electron chi connectivity index (χ3n) is 5.31. The summed E-state index contributed by atoms with van der Waals surface area (Å²) >= 11 is 1.58. The summed E-state index contributed by atoms with van der Waals surface area (Å²) in [4.78, 5) is 30.8. The standard InChI is InChI=1S/C23H28N2O2S/c1-18(28-20-12-8-5-9-13-20)21(26)24-14-16-25(17-15-24)22(27)23(2,3)19-10-6-4-7-11-19/h4-13,18H,14-17H2,1-3H3. The first-order valence-corrected chi connectivity index (χ1v) is 10.6. The lowest BCUT2D eigenvalue weighted by Crippen LogP contribution is -2.55. The number of carbonyl (C=O) groups excluding carboxylic acids is 2. The lowest BCUT2D eigenvalue weighted by Gasteiger charge is -2.39. The van der Waals surface area contributed by atoms with Gasteiger partial charge in [-0.15, -0.1) is 11.8 Å². The highest BCUT2D eigenvalue weighted by Gasteiger charge is 2.36. The van der Waals surface area contributed by atoms with Crippen LogP contribution in [-0.4, -0.2) is 53.0 Å². The maximum Gasteiger partial charge on any atom is 0.235 e. The zero-order valence-corrected chi connectivity index (χ0v) is 17.6. The molecular weight excluding hydrogens is 368 g/mol. The van der Waals surface area contributed by atoms with Crippen LogP contribution in [0.5, 0.6) is 0 Å². The molecule has 1 aliphatic heterocycles. The molecule has 1 atom stereocenters. The molecule has 5 heteroatoms. The summed E-state index contributed by atoms with van der Waals surface area (Å²) in [5.41, 5.74) is 0.454. The minimum Gasteiger partial charge on any atom is -0.338 e. The van der Waals surface area contributed by atoms with Crippen molar-refractivity contribution in [3.63, 3.8) is 0 Å². The fraction of sp³-hybridized carbons (Fsp3) is 0.391. The molecule has 0 N–H and O–H groups in total. The maximum atomic E-state index is 13.1. The van der Waals surface area contributed by atoms with Crippen LogP contribution in [-0.2, 0) is 15.0 Å². The van der Waals surface area contributed by atoms with Gasteiger partial charge in [0.25, 0.3) is 0 Å². The molecular formula is C23H28N2O2S. The van der Waals surface area contributed by atoms with E-state index in [4.69, 9.17) is 0 Å². The second-order valence-electron chi connectivity index (χ2n) is 7.68. The Balaban J connectivity index is 1.56. The third kappa shape index (κ3) is 4.58. The fourth-order valence-corrected chi connectivity index (χ4v) is 4.49. The first-order chi connectivity index (χ1) is 13.4. The van der Waals surface area contributed by atoms with Gasteiger partial charge in [-0.2, -0.15) is 0 Å². The van der Waals surface area contributed by atoms with Crippen LogP contribution >= 0.6 is 11.8 Å². The molecule has 148 valence electrons. The summed E-state index contributed by atoms with van der Waals surface area (Å²) in [6.07, 6.45) is 0. The summed E-state index contributed by atoms with van der Waals surface area (Å²) in [6.45, 7) is 8.26. The third-order valence-corrected chi connectivity index (χ3v) is 6.41. The average Bonchev–Trinajstić information content (AvgIpc) is 2.74. The highest BCUT2D eigenvalue weighted by molar-refractivity contribution is 8.00. The van der Waals surface area contributed by atoms with Crippen LogP contribution in [0.3, 0.4) is 0 Å². The number of amides is 2. The van der Waals surface area contributed by atoms with Crippen LogP contribution in [0.2, 0.25) is 0 Å². The molecule has 4 nitrogen and oxygen atoms in total. The highest BCUT2D eigenvalue weighted by Crippen LogP contribution is 2.27. The van der Waals surface area contributed by atoms with Crippen LogP contribution in [0, 0.1) is 0 Å².